The van der Waals surface area contributed by atoms with Crippen molar-refractivity contribution in [3.63, 3.8) is 0 Å². The molecule has 0 fully saturated rings. The molecule has 0 saturated heterocycles. The molecule has 0 spiro atoms. The molecule has 0 aliphatic heterocycles. The van der Waals surface area contributed by atoms with Gasteiger partial charge in [0.1, 0.15) is 12.6 Å². The van der Waals surface area contributed by atoms with Crippen molar-refractivity contribution in [2.75, 3.05) is 20.2 Å². The maximum Gasteiger partial charge on any atom is 0.253 e. The number of rotatable bonds is 4. The lowest BCUT2D eigenvalue weighted by molar-refractivity contribution is -0.131. The second-order valence-corrected chi connectivity index (χ2v) is 4.43. The van der Waals surface area contributed by atoms with Gasteiger partial charge in [0.15, 0.2) is 0 Å². The quantitative estimate of drug-likeness (QED) is 0.766. The summed E-state index contributed by atoms with van der Waals surface area (Å²) in [4.78, 5) is 29.6. The lowest BCUT2D eigenvalue weighted by Crippen LogP contribution is -2.45. The van der Waals surface area contributed by atoms with Crippen LogP contribution in [0.3, 0.4) is 0 Å². The summed E-state index contributed by atoms with van der Waals surface area (Å²) in [5.74, 6) is 4.57. The van der Waals surface area contributed by atoms with Crippen LogP contribution in [0.25, 0.3) is 0 Å². The summed E-state index contributed by atoms with van der Waals surface area (Å²) in [6.45, 7) is 3.76. The molecule has 1 atom stereocenters. The van der Waals surface area contributed by atoms with E-state index in [9.17, 15) is 9.59 Å². The molecule has 6 nitrogen and oxygen atoms in total. The number of amides is 2. The number of hydrogen-bond donors (Lipinski definition) is 2. The lowest BCUT2D eigenvalue weighted by Gasteiger charge is -2.20. The van der Waals surface area contributed by atoms with Crippen molar-refractivity contribution >= 4 is 11.8 Å². The highest BCUT2D eigenvalue weighted by Crippen LogP contribution is 2.06. The van der Waals surface area contributed by atoms with Gasteiger partial charge in [0, 0.05) is 26.0 Å². The van der Waals surface area contributed by atoms with Crippen LogP contribution in [-0.4, -0.2) is 53.0 Å². The summed E-state index contributed by atoms with van der Waals surface area (Å²) in [6.07, 6.45) is 2.92. The Morgan fingerprint density at radius 3 is 2.86 bits per heavy atom. The van der Waals surface area contributed by atoms with Gasteiger partial charge >= 0.3 is 0 Å². The Kier molecular flexibility index (Phi) is 6.37. The summed E-state index contributed by atoms with van der Waals surface area (Å²) >= 11 is 0. The van der Waals surface area contributed by atoms with Crippen molar-refractivity contribution in [1.82, 2.24) is 15.2 Å². The number of carbonyl (C=O) groups is 2. The Balaban J connectivity index is 2.87. The number of carbonyl (C=O) groups excluding carboxylic acids is 2. The van der Waals surface area contributed by atoms with Crippen molar-refractivity contribution < 1.29 is 14.7 Å². The number of nitrogens with zero attached hydrogens (tertiary/aromatic N) is 2. The molecule has 0 aliphatic carbocycles. The minimum atomic E-state index is -0.630. The van der Waals surface area contributed by atoms with Crippen molar-refractivity contribution in [3.8, 4) is 11.8 Å². The first-order valence-corrected chi connectivity index (χ1v) is 6.60. The molecule has 0 saturated carbocycles. The van der Waals surface area contributed by atoms with E-state index >= 15 is 0 Å². The summed E-state index contributed by atoms with van der Waals surface area (Å²) in [7, 11) is 1.68. The summed E-state index contributed by atoms with van der Waals surface area (Å²) in [5.41, 5.74) is 0.734. The van der Waals surface area contributed by atoms with E-state index in [1.165, 1.54) is 23.4 Å². The molecule has 1 unspecified atom stereocenters. The second kappa shape index (κ2) is 8.02. The predicted molar refractivity (Wildman–Crippen MR) is 78.4 cm³/mol. The maximum absolute atomic E-state index is 12.2. The van der Waals surface area contributed by atoms with Gasteiger partial charge in [-0.1, -0.05) is 11.8 Å². The average Bonchev–Trinajstić information content (AvgIpc) is 2.51. The van der Waals surface area contributed by atoms with E-state index in [1.54, 1.807) is 14.0 Å². The molecule has 21 heavy (non-hydrogen) atoms. The summed E-state index contributed by atoms with van der Waals surface area (Å²) in [6, 6.07) is 0.895. The van der Waals surface area contributed by atoms with Crippen LogP contribution in [0.2, 0.25) is 0 Å². The normalized spacial score (nSPS) is 11.0. The lowest BCUT2D eigenvalue weighted by atomic mass is 10.1. The Morgan fingerprint density at radius 2 is 2.24 bits per heavy atom. The number of aromatic nitrogens is 1. The smallest absolute Gasteiger partial charge is 0.253 e. The van der Waals surface area contributed by atoms with Crippen LogP contribution < -0.4 is 5.32 Å². The summed E-state index contributed by atoms with van der Waals surface area (Å²) < 4.78 is 0. The van der Waals surface area contributed by atoms with Crippen molar-refractivity contribution in [2.24, 2.45) is 0 Å². The molecule has 0 radical (unpaired) electrons. The molecular weight excluding hydrogens is 270 g/mol. The van der Waals surface area contributed by atoms with Gasteiger partial charge in [0.2, 0.25) is 5.91 Å². The van der Waals surface area contributed by atoms with Crippen LogP contribution in [0.1, 0.15) is 29.8 Å². The molecule has 112 valence electrons. The van der Waals surface area contributed by atoms with Gasteiger partial charge in [-0.15, -0.1) is 0 Å². The third-order valence-corrected chi connectivity index (χ3v) is 2.94. The second-order valence-electron chi connectivity index (χ2n) is 4.43. The Morgan fingerprint density at radius 1 is 1.52 bits per heavy atom. The number of nitrogens with one attached hydrogen (secondary N) is 1. The van der Waals surface area contributed by atoms with Crippen molar-refractivity contribution in [3.05, 3.63) is 29.6 Å². The third-order valence-electron chi connectivity index (χ3n) is 2.94. The van der Waals surface area contributed by atoms with Gasteiger partial charge in [-0.25, -0.2) is 0 Å². The molecule has 0 bridgehead atoms. The molecule has 0 aromatic carbocycles. The number of pyridine rings is 1. The third kappa shape index (κ3) is 4.58. The highest BCUT2D eigenvalue weighted by Gasteiger charge is 2.20. The predicted octanol–water partition coefficient (Wildman–Crippen LogP) is 0.0220. The van der Waals surface area contributed by atoms with E-state index in [1.807, 2.05) is 6.92 Å². The molecular formula is C15H19N3O3. The van der Waals surface area contributed by atoms with Gasteiger partial charge in [0.05, 0.1) is 11.1 Å². The minimum Gasteiger partial charge on any atom is -0.384 e. The van der Waals surface area contributed by atoms with Crippen LogP contribution >= 0.6 is 0 Å². The van der Waals surface area contributed by atoms with Crippen LogP contribution in [0.4, 0.5) is 0 Å². The fourth-order valence-electron chi connectivity index (χ4n) is 1.65. The topological polar surface area (TPSA) is 82.5 Å². The minimum absolute atomic E-state index is 0.164. The van der Waals surface area contributed by atoms with Crippen molar-refractivity contribution in [1.29, 1.82) is 0 Å². The molecule has 1 aromatic rings. The number of hydrogen-bond acceptors (Lipinski definition) is 4. The molecule has 1 heterocycles. The Bertz CT molecular complexity index is 575. The van der Waals surface area contributed by atoms with Gasteiger partial charge in [-0.05, 0) is 19.9 Å². The van der Waals surface area contributed by atoms with Gasteiger partial charge < -0.3 is 15.3 Å². The first-order chi connectivity index (χ1) is 10.0. The largest absolute Gasteiger partial charge is 0.384 e. The first kappa shape index (κ1) is 16.7. The monoisotopic (exact) mass is 289 g/mol. The number of likely N-dealkylation sites (N-methyl/N-ethyl adjacent to an activating group) is 1. The van der Waals surface area contributed by atoms with Crippen molar-refractivity contribution in [2.45, 2.75) is 19.9 Å². The fourth-order valence-corrected chi connectivity index (χ4v) is 1.65. The highest BCUT2D eigenvalue weighted by atomic mass is 16.2. The van der Waals surface area contributed by atoms with Gasteiger partial charge in [-0.3, -0.25) is 14.6 Å². The standard InChI is InChI=1S/C15H19N3O3/c1-4-18(3)15(21)11(2)17-14(20)13-7-8-16-10-12(13)6-5-9-19/h7-8,10-11,19H,4,9H2,1-3H3,(H,17,20). The van der Waals surface area contributed by atoms with Gasteiger partial charge in [0.25, 0.3) is 5.91 Å². The molecule has 2 amide bonds. The summed E-state index contributed by atoms with van der Waals surface area (Å²) in [5, 5.41) is 11.4. The Hall–Kier alpha value is -2.39. The molecule has 1 aromatic heterocycles. The van der Waals surface area contributed by atoms with Crippen LogP contribution in [-0.2, 0) is 4.79 Å². The van der Waals surface area contributed by atoms with E-state index < -0.39 is 11.9 Å². The maximum atomic E-state index is 12.2. The number of aliphatic hydroxyl groups excluding tert-OH is 1. The molecule has 1 rings (SSSR count). The first-order valence-electron chi connectivity index (χ1n) is 6.60. The Labute approximate surface area is 124 Å². The zero-order valence-electron chi connectivity index (χ0n) is 12.4. The fraction of sp³-hybridized carbons (Fsp3) is 0.400. The van der Waals surface area contributed by atoms with E-state index in [2.05, 4.69) is 22.1 Å². The van der Waals surface area contributed by atoms with Crippen LogP contribution in [0, 0.1) is 11.8 Å². The van der Waals surface area contributed by atoms with E-state index in [-0.39, 0.29) is 12.5 Å². The zero-order chi connectivity index (χ0) is 15.8. The van der Waals surface area contributed by atoms with E-state index in [0.29, 0.717) is 17.7 Å². The molecule has 0 aliphatic rings. The zero-order valence-corrected chi connectivity index (χ0v) is 12.4. The number of aliphatic hydroxyl groups is 1. The van der Waals surface area contributed by atoms with Crippen LogP contribution in [0.15, 0.2) is 18.5 Å². The van der Waals surface area contributed by atoms with Crippen LogP contribution in [0.5, 0.6) is 0 Å². The van der Waals surface area contributed by atoms with Gasteiger partial charge in [-0.2, -0.15) is 0 Å². The van der Waals surface area contributed by atoms with E-state index in [0.717, 1.165) is 0 Å². The van der Waals surface area contributed by atoms with E-state index in [4.69, 9.17) is 5.11 Å². The molecule has 6 heteroatoms. The average molecular weight is 289 g/mol. The highest BCUT2D eigenvalue weighted by molar-refractivity contribution is 5.99. The SMILES string of the molecule is CCN(C)C(=O)C(C)NC(=O)c1ccncc1C#CCO. The molecule has 2 N–H and O–H groups in total.